The third-order valence-corrected chi connectivity index (χ3v) is 3.50. The Morgan fingerprint density at radius 1 is 1.40 bits per heavy atom. The molecule has 106 valence electrons. The van der Waals surface area contributed by atoms with Gasteiger partial charge in [0.2, 0.25) is 11.8 Å². The average molecular weight is 278 g/mol. The molecule has 1 aromatic rings. The Bertz CT molecular complexity index is 586. The molecule has 0 bridgehead atoms. The van der Waals surface area contributed by atoms with Crippen LogP contribution in [-0.2, 0) is 9.59 Å². The number of halogens is 1. The molecule has 1 atom stereocenters. The highest BCUT2D eigenvalue weighted by Gasteiger charge is 2.33. The van der Waals surface area contributed by atoms with Crippen molar-refractivity contribution >= 4 is 17.7 Å². The first kappa shape index (κ1) is 14.2. The van der Waals surface area contributed by atoms with Crippen molar-refractivity contribution in [3.05, 3.63) is 35.1 Å². The number of amides is 3. The van der Waals surface area contributed by atoms with Gasteiger partial charge in [-0.2, -0.15) is 0 Å². The molecule has 0 spiro atoms. The standard InChI is InChI=1S/C14H15FN2O3/c1-8-9(4-3-5-10(8)15)14(20)17(2)11-6-7-12(18)16-13(11)19/h3-5,11H,6-7H2,1-2H3,(H,16,18,19). The maximum absolute atomic E-state index is 13.5. The van der Waals surface area contributed by atoms with Crippen LogP contribution in [0, 0.1) is 12.7 Å². The van der Waals surface area contributed by atoms with Crippen molar-refractivity contribution in [1.82, 2.24) is 10.2 Å². The van der Waals surface area contributed by atoms with E-state index in [1.54, 1.807) is 0 Å². The van der Waals surface area contributed by atoms with Crippen LogP contribution in [0.3, 0.4) is 0 Å². The first-order chi connectivity index (χ1) is 9.41. The van der Waals surface area contributed by atoms with E-state index in [0.717, 1.165) is 0 Å². The molecular weight excluding hydrogens is 263 g/mol. The number of benzene rings is 1. The molecule has 3 amide bonds. The van der Waals surface area contributed by atoms with Crippen LogP contribution in [0.2, 0.25) is 0 Å². The van der Waals surface area contributed by atoms with Gasteiger partial charge >= 0.3 is 0 Å². The van der Waals surface area contributed by atoms with Crippen LogP contribution < -0.4 is 5.32 Å². The molecular formula is C14H15FN2O3. The van der Waals surface area contributed by atoms with Crippen LogP contribution in [0.1, 0.15) is 28.8 Å². The number of nitrogens with zero attached hydrogens (tertiary/aromatic N) is 1. The summed E-state index contributed by atoms with van der Waals surface area (Å²) >= 11 is 0. The lowest BCUT2D eigenvalue weighted by atomic mass is 10.0. The number of carbonyl (C=O) groups is 3. The van der Waals surface area contributed by atoms with Gasteiger partial charge in [-0.1, -0.05) is 6.07 Å². The number of rotatable bonds is 2. The summed E-state index contributed by atoms with van der Waals surface area (Å²) in [5.41, 5.74) is 0.467. The third-order valence-electron chi connectivity index (χ3n) is 3.50. The molecule has 20 heavy (non-hydrogen) atoms. The van der Waals surface area contributed by atoms with Crippen molar-refractivity contribution in [3.63, 3.8) is 0 Å². The van der Waals surface area contributed by atoms with Gasteiger partial charge in [0.25, 0.3) is 5.91 Å². The summed E-state index contributed by atoms with van der Waals surface area (Å²) < 4.78 is 13.5. The third kappa shape index (κ3) is 2.54. The minimum Gasteiger partial charge on any atom is -0.330 e. The van der Waals surface area contributed by atoms with E-state index in [1.807, 2.05) is 0 Å². The van der Waals surface area contributed by atoms with Gasteiger partial charge in [0, 0.05) is 19.0 Å². The summed E-state index contributed by atoms with van der Waals surface area (Å²) in [6, 6.07) is 3.54. The van der Waals surface area contributed by atoms with E-state index in [4.69, 9.17) is 0 Å². The number of hydrogen-bond acceptors (Lipinski definition) is 3. The monoisotopic (exact) mass is 278 g/mol. The van der Waals surface area contributed by atoms with Gasteiger partial charge in [0.15, 0.2) is 0 Å². The van der Waals surface area contributed by atoms with Crippen molar-refractivity contribution < 1.29 is 18.8 Å². The second kappa shape index (κ2) is 5.40. The van der Waals surface area contributed by atoms with Crippen LogP contribution in [0.25, 0.3) is 0 Å². The zero-order valence-corrected chi connectivity index (χ0v) is 11.3. The van der Waals surface area contributed by atoms with Crippen molar-refractivity contribution in [2.45, 2.75) is 25.8 Å². The Hall–Kier alpha value is -2.24. The summed E-state index contributed by atoms with van der Waals surface area (Å²) in [7, 11) is 1.48. The van der Waals surface area contributed by atoms with Gasteiger partial charge < -0.3 is 4.90 Å². The molecule has 1 unspecified atom stereocenters. The smallest absolute Gasteiger partial charge is 0.254 e. The van der Waals surface area contributed by atoms with Crippen LogP contribution in [0.5, 0.6) is 0 Å². The van der Waals surface area contributed by atoms with E-state index >= 15 is 0 Å². The lowest BCUT2D eigenvalue weighted by molar-refractivity contribution is -0.136. The lowest BCUT2D eigenvalue weighted by Crippen LogP contribution is -2.53. The minimum absolute atomic E-state index is 0.191. The van der Waals surface area contributed by atoms with E-state index < -0.39 is 23.7 Å². The lowest BCUT2D eigenvalue weighted by Gasteiger charge is -2.30. The van der Waals surface area contributed by atoms with Gasteiger partial charge in [-0.05, 0) is 31.0 Å². The van der Waals surface area contributed by atoms with Gasteiger partial charge in [-0.15, -0.1) is 0 Å². The molecule has 0 aromatic heterocycles. The van der Waals surface area contributed by atoms with Crippen LogP contribution in [0.4, 0.5) is 4.39 Å². The van der Waals surface area contributed by atoms with Gasteiger partial charge in [0.05, 0.1) is 0 Å². The largest absolute Gasteiger partial charge is 0.330 e. The molecule has 1 saturated heterocycles. The SMILES string of the molecule is Cc1c(F)cccc1C(=O)N(C)C1CCC(=O)NC1=O. The van der Waals surface area contributed by atoms with Crippen molar-refractivity contribution in [3.8, 4) is 0 Å². The van der Waals surface area contributed by atoms with Crippen LogP contribution >= 0.6 is 0 Å². The maximum Gasteiger partial charge on any atom is 0.254 e. The maximum atomic E-state index is 13.5. The molecule has 1 aliphatic rings. The molecule has 1 aromatic carbocycles. The molecule has 5 nitrogen and oxygen atoms in total. The number of imide groups is 1. The average Bonchev–Trinajstić information content (AvgIpc) is 2.40. The minimum atomic E-state index is -0.706. The fourth-order valence-corrected chi connectivity index (χ4v) is 2.22. The number of piperidine rings is 1. The fourth-order valence-electron chi connectivity index (χ4n) is 2.22. The van der Waals surface area contributed by atoms with E-state index in [2.05, 4.69) is 5.32 Å². The van der Waals surface area contributed by atoms with Crippen LogP contribution in [0.15, 0.2) is 18.2 Å². The molecule has 1 heterocycles. The van der Waals surface area contributed by atoms with Crippen molar-refractivity contribution in [1.29, 1.82) is 0 Å². The Kier molecular flexibility index (Phi) is 3.83. The molecule has 6 heteroatoms. The molecule has 1 fully saturated rings. The van der Waals surface area contributed by atoms with E-state index in [9.17, 15) is 18.8 Å². The first-order valence-corrected chi connectivity index (χ1v) is 6.27. The number of carbonyl (C=O) groups excluding carboxylic acids is 3. The number of likely N-dealkylation sites (N-methyl/N-ethyl adjacent to an activating group) is 1. The predicted octanol–water partition coefficient (Wildman–Crippen LogP) is 1.01. The fraction of sp³-hybridized carbons (Fsp3) is 0.357. The summed E-state index contributed by atoms with van der Waals surface area (Å²) in [6.07, 6.45) is 0.470. The van der Waals surface area contributed by atoms with Crippen molar-refractivity contribution in [2.24, 2.45) is 0 Å². The van der Waals surface area contributed by atoms with Gasteiger partial charge in [-0.3, -0.25) is 19.7 Å². The summed E-state index contributed by atoms with van der Waals surface area (Å²) in [5.74, 6) is -1.73. The zero-order valence-electron chi connectivity index (χ0n) is 11.3. The molecule has 1 N–H and O–H groups in total. The molecule has 0 saturated carbocycles. The molecule has 0 aliphatic carbocycles. The van der Waals surface area contributed by atoms with Gasteiger partial charge in [-0.25, -0.2) is 4.39 Å². The zero-order chi connectivity index (χ0) is 14.9. The normalized spacial score (nSPS) is 18.6. The highest BCUT2D eigenvalue weighted by Crippen LogP contribution is 2.18. The topological polar surface area (TPSA) is 66.5 Å². The second-order valence-corrected chi connectivity index (χ2v) is 4.80. The Morgan fingerprint density at radius 2 is 2.10 bits per heavy atom. The molecule has 1 aliphatic heterocycles. The van der Waals surface area contributed by atoms with Crippen molar-refractivity contribution in [2.75, 3.05) is 7.05 Å². The van der Waals surface area contributed by atoms with Gasteiger partial charge in [0.1, 0.15) is 11.9 Å². The number of nitrogens with one attached hydrogen (secondary N) is 1. The predicted molar refractivity (Wildman–Crippen MR) is 69.4 cm³/mol. The molecule has 2 rings (SSSR count). The Balaban J connectivity index is 2.22. The summed E-state index contributed by atoms with van der Waals surface area (Å²) in [5, 5.41) is 2.20. The quantitative estimate of drug-likeness (QED) is 0.821. The van der Waals surface area contributed by atoms with E-state index in [-0.39, 0.29) is 29.9 Å². The van der Waals surface area contributed by atoms with Crippen LogP contribution in [-0.4, -0.2) is 35.7 Å². The summed E-state index contributed by atoms with van der Waals surface area (Å²) in [6.45, 7) is 1.51. The van der Waals surface area contributed by atoms with E-state index in [1.165, 1.54) is 37.1 Å². The highest BCUT2D eigenvalue weighted by atomic mass is 19.1. The number of hydrogen-bond donors (Lipinski definition) is 1. The second-order valence-electron chi connectivity index (χ2n) is 4.80. The Labute approximate surface area is 115 Å². The highest BCUT2D eigenvalue weighted by molar-refractivity contribution is 6.04. The Morgan fingerprint density at radius 3 is 2.75 bits per heavy atom. The summed E-state index contributed by atoms with van der Waals surface area (Å²) in [4.78, 5) is 36.4. The molecule has 0 radical (unpaired) electrons. The first-order valence-electron chi connectivity index (χ1n) is 6.27. The van der Waals surface area contributed by atoms with E-state index in [0.29, 0.717) is 0 Å².